The number of nitrogens with one attached hydrogen (secondary N) is 2. The third kappa shape index (κ3) is 6.49. The van der Waals surface area contributed by atoms with Crippen molar-refractivity contribution in [3.8, 4) is 0 Å². The van der Waals surface area contributed by atoms with Gasteiger partial charge in [-0.3, -0.25) is 4.79 Å². The topological polar surface area (TPSA) is 105 Å². The SMILES string of the molecule is CO[C@@H]1[C@H](OC(=O)N[C@@H](C(=O)NCCN2CCCC2)C(C)C)CCC2(CO2)[C@H]1[C@@]1(C)O[C@@H]1CC=C(C)C. The van der Waals surface area contributed by atoms with Crippen LogP contribution in [0.25, 0.3) is 0 Å². The number of nitrogens with zero attached hydrogens (tertiary/aromatic N) is 1. The Morgan fingerprint density at radius 3 is 2.51 bits per heavy atom. The van der Waals surface area contributed by atoms with Gasteiger partial charge in [-0.25, -0.2) is 4.79 Å². The van der Waals surface area contributed by atoms with E-state index < -0.39 is 23.8 Å². The lowest BCUT2D eigenvalue weighted by atomic mass is 9.68. The number of rotatable bonds is 11. The van der Waals surface area contributed by atoms with Gasteiger partial charge in [0, 0.05) is 20.2 Å². The van der Waals surface area contributed by atoms with E-state index in [4.69, 9.17) is 18.9 Å². The molecule has 2 N–H and O–H groups in total. The molecule has 37 heavy (non-hydrogen) atoms. The third-order valence-corrected chi connectivity index (χ3v) is 8.64. The number of amides is 2. The molecular formula is C28H47N3O6. The second kappa shape index (κ2) is 11.6. The maximum atomic E-state index is 13.0. The van der Waals surface area contributed by atoms with Crippen molar-refractivity contribution in [2.45, 2.75) is 102 Å². The van der Waals surface area contributed by atoms with Gasteiger partial charge in [0.1, 0.15) is 29.5 Å². The molecule has 0 radical (unpaired) electrons. The molecular weight excluding hydrogens is 474 g/mol. The molecule has 1 saturated carbocycles. The van der Waals surface area contributed by atoms with Gasteiger partial charge in [0.05, 0.1) is 18.6 Å². The summed E-state index contributed by atoms with van der Waals surface area (Å²) in [5.74, 6) is -0.293. The monoisotopic (exact) mass is 521 g/mol. The number of carbonyl (C=O) groups excluding carboxylic acids is 2. The van der Waals surface area contributed by atoms with Crippen molar-refractivity contribution in [1.29, 1.82) is 0 Å². The highest BCUT2D eigenvalue weighted by atomic mass is 16.6. The first kappa shape index (κ1) is 28.3. The van der Waals surface area contributed by atoms with Crippen molar-refractivity contribution in [3.05, 3.63) is 11.6 Å². The lowest BCUT2D eigenvalue weighted by molar-refractivity contribution is -0.125. The number of hydrogen-bond donors (Lipinski definition) is 2. The molecule has 0 aromatic rings. The summed E-state index contributed by atoms with van der Waals surface area (Å²) in [7, 11) is 1.66. The van der Waals surface area contributed by atoms with E-state index in [-0.39, 0.29) is 35.6 Å². The Morgan fingerprint density at radius 1 is 1.22 bits per heavy atom. The second-order valence-electron chi connectivity index (χ2n) is 12.0. The van der Waals surface area contributed by atoms with Crippen molar-refractivity contribution in [1.82, 2.24) is 15.5 Å². The van der Waals surface area contributed by atoms with Crippen LogP contribution in [0, 0.1) is 11.8 Å². The average Bonchev–Trinajstić information content (AvgIpc) is 3.69. The molecule has 3 heterocycles. The molecule has 3 saturated heterocycles. The van der Waals surface area contributed by atoms with E-state index in [0.29, 0.717) is 19.6 Å². The first-order valence-corrected chi connectivity index (χ1v) is 14.0. The van der Waals surface area contributed by atoms with E-state index in [0.717, 1.165) is 32.5 Å². The summed E-state index contributed by atoms with van der Waals surface area (Å²) >= 11 is 0. The fraction of sp³-hybridized carbons (Fsp3) is 0.857. The minimum Gasteiger partial charge on any atom is -0.443 e. The summed E-state index contributed by atoms with van der Waals surface area (Å²) in [5, 5.41) is 5.81. The Kier molecular flexibility index (Phi) is 8.88. The molecule has 0 bridgehead atoms. The van der Waals surface area contributed by atoms with Crippen LogP contribution < -0.4 is 10.6 Å². The molecule has 210 valence electrons. The van der Waals surface area contributed by atoms with Gasteiger partial charge in [0.2, 0.25) is 5.91 Å². The molecule has 2 amide bonds. The fourth-order valence-corrected chi connectivity index (χ4v) is 6.36. The van der Waals surface area contributed by atoms with Crippen LogP contribution in [0.15, 0.2) is 11.6 Å². The molecule has 4 rings (SSSR count). The Bertz CT molecular complexity index is 849. The molecule has 1 spiro atoms. The molecule has 1 unspecified atom stereocenters. The van der Waals surface area contributed by atoms with Gasteiger partial charge in [-0.2, -0.15) is 0 Å². The van der Waals surface area contributed by atoms with Gasteiger partial charge >= 0.3 is 6.09 Å². The van der Waals surface area contributed by atoms with Gasteiger partial charge in [-0.1, -0.05) is 25.5 Å². The Morgan fingerprint density at radius 2 is 1.92 bits per heavy atom. The van der Waals surface area contributed by atoms with Crippen molar-refractivity contribution < 1.29 is 28.5 Å². The highest BCUT2D eigenvalue weighted by molar-refractivity contribution is 5.85. The van der Waals surface area contributed by atoms with Crippen molar-refractivity contribution >= 4 is 12.0 Å². The molecule has 4 fully saturated rings. The number of carbonyl (C=O) groups is 2. The molecule has 4 aliphatic rings. The van der Waals surface area contributed by atoms with Gasteiger partial charge < -0.3 is 34.5 Å². The molecule has 3 aliphatic heterocycles. The predicted octanol–water partition coefficient (Wildman–Crippen LogP) is 3.03. The summed E-state index contributed by atoms with van der Waals surface area (Å²) in [6.07, 6.45) is 5.62. The quantitative estimate of drug-likeness (QED) is 0.318. The van der Waals surface area contributed by atoms with Crippen molar-refractivity contribution in [2.75, 3.05) is 39.9 Å². The van der Waals surface area contributed by atoms with Crippen LogP contribution in [0.5, 0.6) is 0 Å². The lowest BCUT2D eigenvalue weighted by Gasteiger charge is -2.42. The van der Waals surface area contributed by atoms with Crippen LogP contribution in [0.3, 0.4) is 0 Å². The zero-order valence-corrected chi connectivity index (χ0v) is 23.5. The number of likely N-dealkylation sites (tertiary alicyclic amines) is 1. The first-order chi connectivity index (χ1) is 17.6. The van der Waals surface area contributed by atoms with Crippen LogP contribution in [-0.4, -0.2) is 92.4 Å². The van der Waals surface area contributed by atoms with Crippen LogP contribution in [0.2, 0.25) is 0 Å². The Balaban J connectivity index is 1.35. The van der Waals surface area contributed by atoms with Crippen molar-refractivity contribution in [3.63, 3.8) is 0 Å². The molecule has 0 aromatic heterocycles. The zero-order chi connectivity index (χ0) is 26.8. The number of allylic oxidation sites excluding steroid dienone is 1. The summed E-state index contributed by atoms with van der Waals surface area (Å²) < 4.78 is 24.1. The van der Waals surface area contributed by atoms with E-state index >= 15 is 0 Å². The summed E-state index contributed by atoms with van der Waals surface area (Å²) in [5.41, 5.74) is 0.596. The summed E-state index contributed by atoms with van der Waals surface area (Å²) in [6, 6.07) is -0.665. The standard InChI is InChI=1S/C28H47N3O6/c1-18(2)9-10-21-27(5,37-21)24-23(34-6)20(11-12-28(24)17-35-28)36-26(33)30-22(19(3)4)25(32)29-13-16-31-14-7-8-15-31/h9,19-24H,7-8,10-17H2,1-6H3,(H,29,32)(H,30,33)/t20-,21-,22-,23-,24-,27+,28?/m1/s1. The molecule has 1 aliphatic carbocycles. The van der Waals surface area contributed by atoms with Crippen molar-refractivity contribution in [2.24, 2.45) is 11.8 Å². The average molecular weight is 522 g/mol. The van der Waals surface area contributed by atoms with Crippen LogP contribution in [-0.2, 0) is 23.7 Å². The number of epoxide rings is 2. The molecule has 9 nitrogen and oxygen atoms in total. The number of ether oxygens (including phenoxy) is 4. The van der Waals surface area contributed by atoms with E-state index in [2.05, 4.69) is 42.4 Å². The van der Waals surface area contributed by atoms with E-state index in [1.807, 2.05) is 13.8 Å². The molecule has 0 aromatic carbocycles. The number of hydrogen-bond acceptors (Lipinski definition) is 7. The van der Waals surface area contributed by atoms with Gasteiger partial charge in [-0.05, 0) is 71.9 Å². The van der Waals surface area contributed by atoms with E-state index in [9.17, 15) is 9.59 Å². The Hall–Kier alpha value is -1.68. The van der Waals surface area contributed by atoms with Gasteiger partial charge in [-0.15, -0.1) is 0 Å². The largest absolute Gasteiger partial charge is 0.443 e. The lowest BCUT2D eigenvalue weighted by Crippen LogP contribution is -2.57. The zero-order valence-electron chi connectivity index (χ0n) is 23.5. The Labute approximate surface area is 222 Å². The van der Waals surface area contributed by atoms with E-state index in [1.165, 1.54) is 18.4 Å². The highest BCUT2D eigenvalue weighted by Gasteiger charge is 2.72. The highest BCUT2D eigenvalue weighted by Crippen LogP contribution is 2.59. The minimum atomic E-state index is -0.665. The molecule has 7 atom stereocenters. The van der Waals surface area contributed by atoms with Crippen LogP contribution >= 0.6 is 0 Å². The number of methoxy groups -OCH3 is 1. The minimum absolute atomic E-state index is 0.0399. The third-order valence-electron chi connectivity index (χ3n) is 8.64. The van der Waals surface area contributed by atoms with Gasteiger partial charge in [0.25, 0.3) is 0 Å². The normalized spacial score (nSPS) is 35.8. The van der Waals surface area contributed by atoms with Gasteiger partial charge in [0.15, 0.2) is 0 Å². The number of alkyl carbamates (subject to hydrolysis) is 1. The smallest absolute Gasteiger partial charge is 0.408 e. The van der Waals surface area contributed by atoms with Crippen LogP contribution in [0.1, 0.15) is 66.7 Å². The summed E-state index contributed by atoms with van der Waals surface area (Å²) in [6.45, 7) is 14.4. The first-order valence-electron chi connectivity index (χ1n) is 14.0. The predicted molar refractivity (Wildman–Crippen MR) is 140 cm³/mol. The van der Waals surface area contributed by atoms with E-state index in [1.54, 1.807) is 7.11 Å². The summed E-state index contributed by atoms with van der Waals surface area (Å²) in [4.78, 5) is 28.2. The maximum absolute atomic E-state index is 13.0. The maximum Gasteiger partial charge on any atom is 0.408 e. The molecule has 9 heteroatoms. The van der Waals surface area contributed by atoms with Crippen LogP contribution in [0.4, 0.5) is 4.79 Å². The fourth-order valence-electron chi connectivity index (χ4n) is 6.36. The second-order valence-corrected chi connectivity index (χ2v) is 12.0.